The van der Waals surface area contributed by atoms with Crippen molar-refractivity contribution in [2.75, 3.05) is 74.9 Å². The zero-order chi connectivity index (χ0) is 68.9. The molecule has 3 heterocycles. The molecule has 0 radical (unpaired) electrons. The van der Waals surface area contributed by atoms with Crippen molar-refractivity contribution in [1.82, 2.24) is 33.2 Å². The van der Waals surface area contributed by atoms with Gasteiger partial charge in [0.25, 0.3) is 30.1 Å². The van der Waals surface area contributed by atoms with Crippen LogP contribution in [0.25, 0.3) is 33.8 Å². The molecule has 0 saturated heterocycles. The molecule has 18 nitrogen and oxygen atoms in total. The van der Waals surface area contributed by atoms with Gasteiger partial charge in [-0.3, -0.25) is 0 Å². The van der Waals surface area contributed by atoms with E-state index in [1.54, 1.807) is 137 Å². The fourth-order valence-electron chi connectivity index (χ4n) is 10.1. The van der Waals surface area contributed by atoms with Crippen molar-refractivity contribution in [3.63, 3.8) is 0 Å². The van der Waals surface area contributed by atoms with Crippen molar-refractivity contribution in [3.05, 3.63) is 247 Å². The van der Waals surface area contributed by atoms with E-state index >= 15 is 0 Å². The van der Waals surface area contributed by atoms with Crippen LogP contribution in [0, 0.1) is 22.9 Å². The van der Waals surface area contributed by atoms with Gasteiger partial charge in [0.1, 0.15) is 53.7 Å². The number of methoxy groups -OCH3 is 1. The molecule has 10 rings (SSSR count). The van der Waals surface area contributed by atoms with Gasteiger partial charge in [0, 0.05) is 85.6 Å². The molecule has 0 bridgehead atoms. The summed E-state index contributed by atoms with van der Waals surface area (Å²) in [5, 5.41) is 12.0. The van der Waals surface area contributed by atoms with Crippen molar-refractivity contribution >= 4 is 30.1 Å². The minimum Gasteiger partial charge on any atom is -0.494 e. The number of ether oxygens (including phenoxy) is 5. The molecule has 4 N–H and O–H groups in total. The van der Waals surface area contributed by atoms with Crippen LogP contribution in [0.2, 0.25) is 0 Å². The predicted octanol–water partition coefficient (Wildman–Crippen LogP) is 12.2. The first kappa shape index (κ1) is 72.8. The monoisotopic (exact) mass is 1370 g/mol. The number of hydrogen-bond acceptors (Lipinski definition) is 15. The number of nitrogens with zero attached hydrogens (tertiary/aromatic N) is 3. The van der Waals surface area contributed by atoms with E-state index in [0.717, 1.165) is 47.3 Å². The lowest BCUT2D eigenvalue weighted by Crippen LogP contribution is -2.26. The quantitative estimate of drug-likeness (QED) is 0.0309. The Morgan fingerprint density at radius 3 is 1.07 bits per heavy atom. The first-order chi connectivity index (χ1) is 46.1. The minimum absolute atomic E-state index is 0.0400. The van der Waals surface area contributed by atoms with Crippen LogP contribution in [0.5, 0.6) is 23.0 Å². The van der Waals surface area contributed by atoms with E-state index < -0.39 is 47.5 Å². The number of hydrogen-bond donors (Lipinski definition) is 4. The Balaban J connectivity index is 0.000000185. The fraction of sp³-hybridized carbons (Fsp3) is 0.250. The smallest absolute Gasteiger partial charge is 0.268 e. The highest BCUT2D eigenvalue weighted by molar-refractivity contribution is 7.90. The second kappa shape index (κ2) is 34.1. The molecule has 96 heavy (non-hydrogen) atoms. The van der Waals surface area contributed by atoms with Gasteiger partial charge in [-0.15, -0.1) is 0 Å². The summed E-state index contributed by atoms with van der Waals surface area (Å²) in [6, 6.07) is 51.7. The SMILES string of the molecule is CNCCCOc1cccc(S(=O)(=O)n2cc(CNC)cc2-c2ccccc2F)c1.CNCc1cc(-c2ccccc2F)n(S(=O)(=O)c2cccc(OCC(C)(C)COC)c2)c1.CNCc1cc(-c2ccccc2F)n(S(=O)(=O)c2cccc(OCCOc3ccccc3)c2)c1. The van der Waals surface area contributed by atoms with Crippen LogP contribution < -0.4 is 40.2 Å². The van der Waals surface area contributed by atoms with Gasteiger partial charge in [0.2, 0.25) is 0 Å². The van der Waals surface area contributed by atoms with Crippen LogP contribution in [0.15, 0.2) is 227 Å². The summed E-state index contributed by atoms with van der Waals surface area (Å²) in [5.74, 6) is 0.567. The number of halogens is 3. The van der Waals surface area contributed by atoms with Crippen molar-refractivity contribution in [1.29, 1.82) is 0 Å². The van der Waals surface area contributed by atoms with Gasteiger partial charge in [0.05, 0.1) is 51.6 Å². The molecule has 3 aromatic heterocycles. The van der Waals surface area contributed by atoms with Gasteiger partial charge < -0.3 is 45.0 Å². The van der Waals surface area contributed by atoms with E-state index in [9.17, 15) is 38.4 Å². The zero-order valence-electron chi connectivity index (χ0n) is 54.5. The molecule has 0 aliphatic rings. The molecule has 0 saturated carbocycles. The van der Waals surface area contributed by atoms with Crippen LogP contribution >= 0.6 is 0 Å². The van der Waals surface area contributed by atoms with Gasteiger partial charge in [-0.1, -0.05) is 86.6 Å². The van der Waals surface area contributed by atoms with Crippen molar-refractivity contribution in [2.24, 2.45) is 5.41 Å². The summed E-state index contributed by atoms with van der Waals surface area (Å²) >= 11 is 0. The molecule has 10 aromatic rings. The lowest BCUT2D eigenvalue weighted by molar-refractivity contribution is 0.0643. The van der Waals surface area contributed by atoms with Gasteiger partial charge in [-0.05, 0) is 161 Å². The third kappa shape index (κ3) is 18.9. The highest BCUT2D eigenvalue weighted by atomic mass is 32.2. The van der Waals surface area contributed by atoms with Gasteiger partial charge in [0.15, 0.2) is 0 Å². The second-order valence-corrected chi connectivity index (χ2v) is 28.2. The van der Waals surface area contributed by atoms with E-state index in [4.69, 9.17) is 23.7 Å². The van der Waals surface area contributed by atoms with E-state index in [1.807, 2.05) is 51.2 Å². The van der Waals surface area contributed by atoms with Crippen molar-refractivity contribution in [3.8, 4) is 56.8 Å². The first-order valence-electron chi connectivity index (χ1n) is 30.7. The Hall–Kier alpha value is -8.98. The third-order valence-corrected chi connectivity index (χ3v) is 19.6. The molecule has 0 aliphatic heterocycles. The van der Waals surface area contributed by atoms with Crippen molar-refractivity contribution < 1.29 is 62.1 Å². The number of aromatic nitrogens is 3. The van der Waals surface area contributed by atoms with Gasteiger partial charge >= 0.3 is 0 Å². The topological polar surface area (TPSA) is 211 Å². The van der Waals surface area contributed by atoms with E-state index in [-0.39, 0.29) is 60.5 Å². The Labute approximate surface area is 560 Å². The summed E-state index contributed by atoms with van der Waals surface area (Å²) in [5.41, 5.74) is 3.39. The Bertz CT molecular complexity index is 4530. The zero-order valence-corrected chi connectivity index (χ0v) is 56.9. The van der Waals surface area contributed by atoms with Crippen LogP contribution in [-0.2, 0) is 54.4 Å². The molecule has 0 spiro atoms. The van der Waals surface area contributed by atoms with Crippen molar-refractivity contribution in [2.45, 2.75) is 54.6 Å². The molecular weight excluding hydrogens is 1290 g/mol. The lowest BCUT2D eigenvalue weighted by Gasteiger charge is -2.23. The molecule has 0 unspecified atom stereocenters. The summed E-state index contributed by atoms with van der Waals surface area (Å²) in [6.07, 6.45) is 5.35. The van der Waals surface area contributed by atoms with Crippen LogP contribution in [0.1, 0.15) is 37.0 Å². The number of para-hydroxylation sites is 1. The molecule has 0 aliphatic carbocycles. The highest BCUT2D eigenvalue weighted by Gasteiger charge is 2.28. The Morgan fingerprint density at radius 1 is 0.385 bits per heavy atom. The van der Waals surface area contributed by atoms with Gasteiger partial charge in [-0.2, -0.15) is 0 Å². The van der Waals surface area contributed by atoms with E-state index in [0.29, 0.717) is 63.3 Å². The molecule has 0 atom stereocenters. The summed E-state index contributed by atoms with van der Waals surface area (Å²) in [7, 11) is -3.20. The van der Waals surface area contributed by atoms with Crippen LogP contribution in [-0.4, -0.2) is 112 Å². The predicted molar refractivity (Wildman–Crippen MR) is 367 cm³/mol. The average molecular weight is 1370 g/mol. The largest absolute Gasteiger partial charge is 0.494 e. The summed E-state index contributed by atoms with van der Waals surface area (Å²) in [6.45, 7) is 8.05. The van der Waals surface area contributed by atoms with Gasteiger partial charge in [-0.25, -0.2) is 50.3 Å². The third-order valence-electron chi connectivity index (χ3n) is 14.6. The molecular formula is C72H80F3N7O11S3. The second-order valence-electron chi connectivity index (χ2n) is 22.8. The standard InChI is InChI=1S/C26H25FN2O4S.C24H29FN2O4S.C22H26FN3O3S/c1-28-18-20-16-26(24-12-5-6-13-25(24)27)29(19-20)34(30,31)23-11-7-10-22(17-23)33-15-14-32-21-8-3-2-4-9-21;1-24(2,16-30-4)17-31-19-8-7-9-20(13-19)32(28,29)27-15-18(14-26-3)12-23(27)21-10-5-6-11-22(21)25;1-24-11-6-12-29-18-7-5-8-19(14-18)30(27,28)26-16-17(15-25-2)13-22(26)20-9-3-4-10-21(20)23/h2-13,16-17,19,28H,14-15,18H2,1H3;5-13,15,26H,14,16-17H2,1-4H3;3-5,7-10,13-14,16,24-25H,6,11-12,15H2,1-2H3. The Kier molecular flexibility index (Phi) is 25.9. The minimum atomic E-state index is -4.02. The maximum absolute atomic E-state index is 14.5. The maximum atomic E-state index is 14.5. The highest BCUT2D eigenvalue weighted by Crippen LogP contribution is 2.34. The summed E-state index contributed by atoms with van der Waals surface area (Å²) in [4.78, 5) is 0.180. The number of benzene rings is 7. The maximum Gasteiger partial charge on any atom is 0.268 e. The van der Waals surface area contributed by atoms with Crippen LogP contribution in [0.4, 0.5) is 13.2 Å². The molecule has 508 valence electrons. The number of nitrogens with one attached hydrogen (secondary N) is 4. The molecule has 0 amide bonds. The molecule has 7 aromatic carbocycles. The Morgan fingerprint density at radius 2 is 0.719 bits per heavy atom. The first-order valence-corrected chi connectivity index (χ1v) is 35.0. The summed E-state index contributed by atoms with van der Waals surface area (Å²) < 4.78 is 156. The van der Waals surface area contributed by atoms with Crippen LogP contribution in [0.3, 0.4) is 0 Å². The number of rotatable bonds is 30. The lowest BCUT2D eigenvalue weighted by atomic mass is 9.96. The fourth-order valence-corrected chi connectivity index (χ4v) is 14.4. The van der Waals surface area contributed by atoms with E-state index in [2.05, 4.69) is 21.3 Å². The van der Waals surface area contributed by atoms with E-state index in [1.165, 1.54) is 73.2 Å². The molecule has 24 heteroatoms. The average Bonchev–Trinajstić information content (AvgIpc) is 1.57. The molecule has 0 fully saturated rings. The normalized spacial score (nSPS) is 11.7.